The Bertz CT molecular complexity index is 1020. The number of rotatable bonds is 6. The second kappa shape index (κ2) is 10.4. The maximum Gasteiger partial charge on any atom is 0.342 e. The highest BCUT2D eigenvalue weighted by Gasteiger charge is 2.37. The van der Waals surface area contributed by atoms with Crippen LogP contribution in [0.4, 0.5) is 5.69 Å². The molecule has 1 aromatic rings. The van der Waals surface area contributed by atoms with Crippen LogP contribution in [0.1, 0.15) is 32.3 Å². The van der Waals surface area contributed by atoms with Gasteiger partial charge in [0.2, 0.25) is 0 Å². The molecule has 1 aromatic carbocycles. The topological polar surface area (TPSA) is 124 Å². The number of methoxy groups -OCH3 is 3. The molecule has 0 saturated carbocycles. The van der Waals surface area contributed by atoms with Gasteiger partial charge in [-0.15, -0.1) is 0 Å². The number of benzene rings is 1. The number of carbonyl (C=O) groups is 3. The van der Waals surface area contributed by atoms with Crippen LogP contribution < -0.4 is 5.32 Å². The molecule has 0 amide bonds. The number of aliphatic hydroxyl groups is 1. The van der Waals surface area contributed by atoms with E-state index in [1.807, 2.05) is 0 Å². The molecule has 9 nitrogen and oxygen atoms in total. The van der Waals surface area contributed by atoms with E-state index >= 15 is 0 Å². The van der Waals surface area contributed by atoms with Crippen LogP contribution in [0.2, 0.25) is 0 Å². The predicted molar refractivity (Wildman–Crippen MR) is 117 cm³/mol. The zero-order valence-electron chi connectivity index (χ0n) is 18.8. The molecule has 2 N–H and O–H groups in total. The van der Waals surface area contributed by atoms with Crippen LogP contribution in [0.25, 0.3) is 0 Å². The number of nitrogens with zero attached hydrogens (tertiary/aromatic N) is 1. The van der Waals surface area contributed by atoms with Gasteiger partial charge in [0.1, 0.15) is 11.3 Å². The van der Waals surface area contributed by atoms with Crippen molar-refractivity contribution in [2.24, 2.45) is 4.99 Å². The minimum atomic E-state index is -0.763. The van der Waals surface area contributed by atoms with Gasteiger partial charge in [-0.2, -0.15) is 0 Å². The van der Waals surface area contributed by atoms with Gasteiger partial charge >= 0.3 is 17.9 Å². The summed E-state index contributed by atoms with van der Waals surface area (Å²) in [6.07, 6.45) is 1.19. The third-order valence-corrected chi connectivity index (χ3v) is 4.91. The Kier molecular flexibility index (Phi) is 7.95. The van der Waals surface area contributed by atoms with E-state index < -0.39 is 23.8 Å². The minimum absolute atomic E-state index is 0.100. The monoisotopic (exact) mass is 442 g/mol. The fourth-order valence-electron chi connectivity index (χ4n) is 3.42. The maximum absolute atomic E-state index is 12.6. The number of hydrogen-bond donors (Lipinski definition) is 2. The molecule has 170 valence electrons. The van der Waals surface area contributed by atoms with Crippen molar-refractivity contribution in [3.63, 3.8) is 0 Å². The normalized spacial score (nSPS) is 15.3. The summed E-state index contributed by atoms with van der Waals surface area (Å²) in [7, 11) is 3.73. The van der Waals surface area contributed by atoms with Gasteiger partial charge < -0.3 is 24.6 Å². The fourth-order valence-corrected chi connectivity index (χ4v) is 3.42. The number of dihydropyridines is 1. The van der Waals surface area contributed by atoms with Crippen molar-refractivity contribution in [2.45, 2.75) is 26.7 Å². The molecule has 32 heavy (non-hydrogen) atoms. The number of allylic oxidation sites excluding steroid dienone is 3. The smallest absolute Gasteiger partial charge is 0.342 e. The van der Waals surface area contributed by atoms with E-state index in [1.54, 1.807) is 38.1 Å². The second-order valence-corrected chi connectivity index (χ2v) is 6.96. The molecule has 0 fully saturated rings. The zero-order valence-corrected chi connectivity index (χ0v) is 18.8. The third kappa shape index (κ3) is 5.05. The minimum Gasteiger partial charge on any atom is -0.512 e. The lowest BCUT2D eigenvalue weighted by atomic mass is 9.80. The molecule has 0 bridgehead atoms. The summed E-state index contributed by atoms with van der Waals surface area (Å²) in [5, 5.41) is 12.8. The van der Waals surface area contributed by atoms with Crippen molar-refractivity contribution in [1.82, 2.24) is 5.32 Å². The van der Waals surface area contributed by atoms with Gasteiger partial charge in [0.15, 0.2) is 0 Å². The predicted octanol–water partition coefficient (Wildman–Crippen LogP) is 2.97. The van der Waals surface area contributed by atoms with Crippen LogP contribution in [0.5, 0.6) is 0 Å². The maximum atomic E-state index is 12.6. The summed E-state index contributed by atoms with van der Waals surface area (Å²) < 4.78 is 14.6. The van der Waals surface area contributed by atoms with Gasteiger partial charge in [0.25, 0.3) is 0 Å². The van der Waals surface area contributed by atoms with Crippen molar-refractivity contribution in [3.05, 3.63) is 63.7 Å². The number of nitrogens with one attached hydrogen (secondary N) is 1. The summed E-state index contributed by atoms with van der Waals surface area (Å²) in [5.41, 5.74) is 2.54. The summed E-state index contributed by atoms with van der Waals surface area (Å²) in [5.74, 6) is -2.92. The number of ether oxygens (including phenoxy) is 3. The molecule has 1 aliphatic heterocycles. The summed E-state index contributed by atoms with van der Waals surface area (Å²) in [4.78, 5) is 41.3. The average molecular weight is 442 g/mol. The molecule has 0 aliphatic carbocycles. The lowest BCUT2D eigenvalue weighted by molar-refractivity contribution is -0.137. The molecular formula is C23H26N2O7. The van der Waals surface area contributed by atoms with Crippen molar-refractivity contribution < 1.29 is 33.7 Å². The van der Waals surface area contributed by atoms with Crippen LogP contribution in [0, 0.1) is 0 Å². The molecule has 2 rings (SSSR count). The molecule has 1 heterocycles. The SMILES string of the molecule is COC(=O)C1=C(C)NC(C)=C(C(=O)OC)C1c1cccc(N=C/C(C(=O)OC)=C(/C)O)c1. The van der Waals surface area contributed by atoms with E-state index in [0.29, 0.717) is 22.6 Å². The molecule has 0 unspecified atom stereocenters. The standard InChI is InChI=1S/C23H26N2O7/c1-12-18(22(28)31-5)20(19(13(2)25-12)23(29)32-6)15-8-7-9-16(10-15)24-11-17(14(3)26)21(27)30-4/h7-11,20,25-26H,1-6H3/b17-14+,24-11?. The molecule has 9 heteroatoms. The molecule has 1 aliphatic rings. The first kappa shape index (κ1) is 24.4. The lowest BCUT2D eigenvalue weighted by Crippen LogP contribution is -2.32. The number of carbonyl (C=O) groups excluding carboxylic acids is 3. The Morgan fingerprint density at radius 3 is 2.03 bits per heavy atom. The molecule has 0 spiro atoms. The molecular weight excluding hydrogens is 416 g/mol. The van der Waals surface area contributed by atoms with Crippen molar-refractivity contribution in [1.29, 1.82) is 0 Å². The van der Waals surface area contributed by atoms with Gasteiger partial charge in [0.05, 0.1) is 44.1 Å². The Hall–Kier alpha value is -3.88. The third-order valence-electron chi connectivity index (χ3n) is 4.91. The van der Waals surface area contributed by atoms with Crippen LogP contribution in [0.3, 0.4) is 0 Å². The summed E-state index contributed by atoms with van der Waals surface area (Å²) in [6, 6.07) is 6.79. The van der Waals surface area contributed by atoms with Gasteiger partial charge in [-0.25, -0.2) is 14.4 Å². The molecule has 0 atom stereocenters. The summed E-state index contributed by atoms with van der Waals surface area (Å²) in [6.45, 7) is 4.78. The van der Waals surface area contributed by atoms with Gasteiger partial charge in [-0.3, -0.25) is 4.99 Å². The first-order valence-corrected chi connectivity index (χ1v) is 9.63. The quantitative estimate of drug-likeness (QED) is 0.227. The molecule has 0 radical (unpaired) electrons. The highest BCUT2D eigenvalue weighted by Crippen LogP contribution is 2.40. The first-order valence-electron chi connectivity index (χ1n) is 9.63. The van der Waals surface area contributed by atoms with E-state index in [-0.39, 0.29) is 22.5 Å². The number of esters is 3. The highest BCUT2D eigenvalue weighted by molar-refractivity contribution is 6.10. The fraction of sp³-hybridized carbons (Fsp3) is 0.304. The van der Waals surface area contributed by atoms with Crippen LogP contribution >= 0.6 is 0 Å². The number of aliphatic imine (C=N–C) groups is 1. The van der Waals surface area contributed by atoms with E-state index in [1.165, 1.54) is 34.5 Å². The van der Waals surface area contributed by atoms with Crippen molar-refractivity contribution >= 4 is 29.8 Å². The Balaban J connectivity index is 2.62. The van der Waals surface area contributed by atoms with E-state index in [9.17, 15) is 19.5 Å². The highest BCUT2D eigenvalue weighted by atomic mass is 16.5. The largest absolute Gasteiger partial charge is 0.512 e. The van der Waals surface area contributed by atoms with Crippen LogP contribution in [0.15, 0.2) is 63.1 Å². The Morgan fingerprint density at radius 2 is 1.56 bits per heavy atom. The van der Waals surface area contributed by atoms with Crippen LogP contribution in [-0.2, 0) is 28.6 Å². The van der Waals surface area contributed by atoms with E-state index in [4.69, 9.17) is 9.47 Å². The average Bonchev–Trinajstić information content (AvgIpc) is 2.77. The second-order valence-electron chi connectivity index (χ2n) is 6.96. The van der Waals surface area contributed by atoms with Gasteiger partial charge in [-0.1, -0.05) is 12.1 Å². The van der Waals surface area contributed by atoms with E-state index in [0.717, 1.165) is 0 Å². The van der Waals surface area contributed by atoms with Crippen molar-refractivity contribution in [3.8, 4) is 0 Å². The first-order chi connectivity index (χ1) is 15.2. The number of hydrogen-bond acceptors (Lipinski definition) is 9. The van der Waals surface area contributed by atoms with Gasteiger partial charge in [0, 0.05) is 17.6 Å². The summed E-state index contributed by atoms with van der Waals surface area (Å²) >= 11 is 0. The zero-order chi connectivity index (χ0) is 24.0. The molecule has 0 saturated heterocycles. The van der Waals surface area contributed by atoms with E-state index in [2.05, 4.69) is 15.0 Å². The van der Waals surface area contributed by atoms with Crippen molar-refractivity contribution in [2.75, 3.05) is 21.3 Å². The Morgan fingerprint density at radius 1 is 1.00 bits per heavy atom. The van der Waals surface area contributed by atoms with Gasteiger partial charge in [-0.05, 0) is 38.5 Å². The Labute approximate surface area is 186 Å². The lowest BCUT2D eigenvalue weighted by Gasteiger charge is -2.30. The number of aliphatic hydroxyl groups excluding tert-OH is 1. The van der Waals surface area contributed by atoms with Crippen LogP contribution in [-0.4, -0.2) is 50.6 Å². The molecule has 0 aromatic heterocycles.